The van der Waals surface area contributed by atoms with Gasteiger partial charge >= 0.3 is 0 Å². The smallest absolute Gasteiger partial charge is 0.175 e. The molecule has 0 saturated carbocycles. The number of sulfone groups is 1. The van der Waals surface area contributed by atoms with Gasteiger partial charge in [-0.3, -0.25) is 4.79 Å². The SMILES string of the molecule is Cc1cc(C=O)cc(S(C)(=O)=O)c1. The summed E-state index contributed by atoms with van der Waals surface area (Å²) in [5.41, 5.74) is 1.16. The molecule has 1 aromatic carbocycles. The van der Waals surface area contributed by atoms with Crippen LogP contribution < -0.4 is 0 Å². The van der Waals surface area contributed by atoms with Crippen LogP contribution in [-0.4, -0.2) is 21.0 Å². The lowest BCUT2D eigenvalue weighted by Crippen LogP contribution is -1.98. The zero-order chi connectivity index (χ0) is 10.1. The van der Waals surface area contributed by atoms with E-state index in [9.17, 15) is 13.2 Å². The van der Waals surface area contributed by atoms with E-state index in [0.29, 0.717) is 11.8 Å². The van der Waals surface area contributed by atoms with E-state index in [4.69, 9.17) is 0 Å². The van der Waals surface area contributed by atoms with Gasteiger partial charge in [0.15, 0.2) is 9.84 Å². The fourth-order valence-electron chi connectivity index (χ4n) is 1.06. The van der Waals surface area contributed by atoms with E-state index in [1.165, 1.54) is 6.07 Å². The van der Waals surface area contributed by atoms with Gasteiger partial charge in [0.05, 0.1) is 4.90 Å². The first-order valence-electron chi connectivity index (χ1n) is 3.70. The lowest BCUT2D eigenvalue weighted by molar-refractivity contribution is 0.112. The van der Waals surface area contributed by atoms with Crippen LogP contribution >= 0.6 is 0 Å². The van der Waals surface area contributed by atoms with Crippen molar-refractivity contribution in [1.29, 1.82) is 0 Å². The minimum atomic E-state index is -3.22. The molecule has 0 N–H and O–H groups in total. The van der Waals surface area contributed by atoms with Crippen LogP contribution in [0.5, 0.6) is 0 Å². The highest BCUT2D eigenvalue weighted by Crippen LogP contribution is 2.13. The van der Waals surface area contributed by atoms with Gasteiger partial charge in [0, 0.05) is 11.8 Å². The van der Waals surface area contributed by atoms with Gasteiger partial charge in [0.2, 0.25) is 0 Å². The molecule has 0 aliphatic rings. The molecule has 4 heteroatoms. The second-order valence-corrected chi connectivity index (χ2v) is 4.99. The fourth-order valence-corrected chi connectivity index (χ4v) is 1.81. The summed E-state index contributed by atoms with van der Waals surface area (Å²) in [4.78, 5) is 10.6. The van der Waals surface area contributed by atoms with Crippen molar-refractivity contribution < 1.29 is 13.2 Å². The summed E-state index contributed by atoms with van der Waals surface area (Å²) in [6.07, 6.45) is 1.76. The lowest BCUT2D eigenvalue weighted by atomic mass is 10.2. The van der Waals surface area contributed by atoms with Crippen molar-refractivity contribution in [2.24, 2.45) is 0 Å². The molecule has 70 valence electrons. The second-order valence-electron chi connectivity index (χ2n) is 2.97. The number of hydrogen-bond acceptors (Lipinski definition) is 3. The number of carbonyl (C=O) groups is 1. The van der Waals surface area contributed by atoms with E-state index in [1.807, 2.05) is 0 Å². The van der Waals surface area contributed by atoms with Crippen LogP contribution in [0.2, 0.25) is 0 Å². The second kappa shape index (κ2) is 3.30. The highest BCUT2D eigenvalue weighted by Gasteiger charge is 2.08. The number of hydrogen-bond donors (Lipinski definition) is 0. The third-order valence-electron chi connectivity index (χ3n) is 1.64. The van der Waals surface area contributed by atoms with Crippen molar-refractivity contribution in [2.45, 2.75) is 11.8 Å². The number of carbonyl (C=O) groups excluding carboxylic acids is 1. The highest BCUT2D eigenvalue weighted by atomic mass is 32.2. The van der Waals surface area contributed by atoms with Crippen LogP contribution in [0.15, 0.2) is 23.1 Å². The number of aldehydes is 1. The third kappa shape index (κ3) is 2.39. The van der Waals surface area contributed by atoms with Crippen LogP contribution in [-0.2, 0) is 9.84 Å². The predicted octanol–water partition coefficient (Wildman–Crippen LogP) is 1.21. The van der Waals surface area contributed by atoms with Gasteiger partial charge in [-0.25, -0.2) is 8.42 Å². The van der Waals surface area contributed by atoms with Gasteiger partial charge in [-0.2, -0.15) is 0 Å². The van der Waals surface area contributed by atoms with Crippen LogP contribution in [0.25, 0.3) is 0 Å². The van der Waals surface area contributed by atoms with Crippen LogP contribution in [0.4, 0.5) is 0 Å². The summed E-state index contributed by atoms with van der Waals surface area (Å²) in [7, 11) is -3.22. The van der Waals surface area contributed by atoms with Gasteiger partial charge < -0.3 is 0 Å². The molecule has 13 heavy (non-hydrogen) atoms. The standard InChI is InChI=1S/C9H10O3S/c1-7-3-8(6-10)5-9(4-7)13(2,11)12/h3-6H,1-2H3. The molecule has 0 saturated heterocycles. The van der Waals surface area contributed by atoms with Gasteiger partial charge in [0.1, 0.15) is 6.29 Å². The normalized spacial score (nSPS) is 11.2. The monoisotopic (exact) mass is 198 g/mol. The fraction of sp³-hybridized carbons (Fsp3) is 0.222. The molecule has 1 rings (SSSR count). The molecule has 0 aliphatic carbocycles. The Morgan fingerprint density at radius 1 is 1.23 bits per heavy atom. The Kier molecular flexibility index (Phi) is 2.52. The summed E-state index contributed by atoms with van der Waals surface area (Å²) in [6, 6.07) is 4.55. The number of benzene rings is 1. The Morgan fingerprint density at radius 2 is 1.85 bits per heavy atom. The van der Waals surface area contributed by atoms with Gasteiger partial charge in [-0.1, -0.05) is 0 Å². The van der Waals surface area contributed by atoms with Crippen LogP contribution in [0.1, 0.15) is 15.9 Å². The average molecular weight is 198 g/mol. The van der Waals surface area contributed by atoms with Crippen LogP contribution in [0.3, 0.4) is 0 Å². The zero-order valence-electron chi connectivity index (χ0n) is 7.44. The van der Waals surface area contributed by atoms with E-state index in [-0.39, 0.29) is 4.90 Å². The largest absolute Gasteiger partial charge is 0.298 e. The van der Waals surface area contributed by atoms with E-state index < -0.39 is 9.84 Å². The Bertz CT molecular complexity index is 432. The summed E-state index contributed by atoms with van der Waals surface area (Å²) >= 11 is 0. The molecule has 0 radical (unpaired) electrons. The Balaban J connectivity index is 3.41. The number of aryl methyl sites for hydroxylation is 1. The predicted molar refractivity (Wildman–Crippen MR) is 49.7 cm³/mol. The first-order chi connectivity index (χ1) is 5.93. The molecule has 0 aromatic heterocycles. The van der Waals surface area contributed by atoms with E-state index in [2.05, 4.69) is 0 Å². The highest BCUT2D eigenvalue weighted by molar-refractivity contribution is 7.90. The molecular weight excluding hydrogens is 188 g/mol. The van der Waals surface area contributed by atoms with Gasteiger partial charge in [-0.15, -0.1) is 0 Å². The Morgan fingerprint density at radius 3 is 2.31 bits per heavy atom. The topological polar surface area (TPSA) is 51.2 Å². The molecule has 0 spiro atoms. The maximum absolute atomic E-state index is 11.1. The van der Waals surface area contributed by atoms with Crippen molar-refractivity contribution >= 4 is 16.1 Å². The van der Waals surface area contributed by atoms with Crippen molar-refractivity contribution in [3.8, 4) is 0 Å². The molecule has 0 atom stereocenters. The summed E-state index contributed by atoms with van der Waals surface area (Å²) in [6.45, 7) is 1.75. The summed E-state index contributed by atoms with van der Waals surface area (Å²) < 4.78 is 22.3. The van der Waals surface area contributed by atoms with E-state index in [0.717, 1.165) is 11.8 Å². The average Bonchev–Trinajstić information content (AvgIpc) is 2.01. The molecular formula is C9H10O3S. The van der Waals surface area contributed by atoms with E-state index in [1.54, 1.807) is 19.1 Å². The Labute approximate surface area is 77.3 Å². The minimum absolute atomic E-state index is 0.189. The summed E-state index contributed by atoms with van der Waals surface area (Å²) in [5, 5.41) is 0. The first-order valence-corrected chi connectivity index (χ1v) is 5.59. The molecule has 0 amide bonds. The van der Waals surface area contributed by atoms with Crippen LogP contribution in [0, 0.1) is 6.92 Å². The van der Waals surface area contributed by atoms with Crippen molar-refractivity contribution in [3.63, 3.8) is 0 Å². The molecule has 0 heterocycles. The van der Waals surface area contributed by atoms with Crippen molar-refractivity contribution in [2.75, 3.05) is 6.26 Å². The van der Waals surface area contributed by atoms with Crippen molar-refractivity contribution in [3.05, 3.63) is 29.3 Å². The van der Waals surface area contributed by atoms with Crippen molar-refractivity contribution in [1.82, 2.24) is 0 Å². The van der Waals surface area contributed by atoms with Gasteiger partial charge in [-0.05, 0) is 30.7 Å². The first kappa shape index (κ1) is 9.92. The lowest BCUT2D eigenvalue weighted by Gasteiger charge is -2.00. The van der Waals surface area contributed by atoms with E-state index >= 15 is 0 Å². The minimum Gasteiger partial charge on any atom is -0.298 e. The molecule has 0 fully saturated rings. The zero-order valence-corrected chi connectivity index (χ0v) is 8.26. The summed E-state index contributed by atoms with van der Waals surface area (Å²) in [5.74, 6) is 0. The molecule has 0 aliphatic heterocycles. The maximum Gasteiger partial charge on any atom is 0.175 e. The quantitative estimate of drug-likeness (QED) is 0.671. The maximum atomic E-state index is 11.1. The molecule has 0 unspecified atom stereocenters. The molecule has 1 aromatic rings. The molecule has 0 bridgehead atoms. The number of rotatable bonds is 2. The Hall–Kier alpha value is -1.16. The van der Waals surface area contributed by atoms with Gasteiger partial charge in [0.25, 0.3) is 0 Å². The molecule has 3 nitrogen and oxygen atoms in total. The third-order valence-corrected chi connectivity index (χ3v) is 2.73.